The van der Waals surface area contributed by atoms with Crippen LogP contribution in [0.2, 0.25) is 0 Å². The molecule has 0 aliphatic carbocycles. The van der Waals surface area contributed by atoms with Crippen LogP contribution in [0.4, 0.5) is 17.3 Å². The summed E-state index contributed by atoms with van der Waals surface area (Å²) in [6, 6.07) is 21.7. The van der Waals surface area contributed by atoms with Crippen molar-refractivity contribution in [2.24, 2.45) is 5.92 Å². The van der Waals surface area contributed by atoms with Gasteiger partial charge in [-0.1, -0.05) is 57.8 Å². The van der Waals surface area contributed by atoms with Crippen LogP contribution in [-0.2, 0) is 6.54 Å². The molecular formula is C22H22BBr2F4N. The molecule has 0 saturated heterocycles. The Balaban J connectivity index is 0.000000575. The molecule has 30 heavy (non-hydrogen) atoms. The largest absolute Gasteiger partial charge is 0.673 e. The minimum atomic E-state index is -6.00. The first kappa shape index (κ1) is 24.6. The van der Waals surface area contributed by atoms with Crippen molar-refractivity contribution in [1.29, 1.82) is 0 Å². The van der Waals surface area contributed by atoms with E-state index in [1.807, 2.05) is 0 Å². The van der Waals surface area contributed by atoms with Crippen molar-refractivity contribution < 1.29 is 21.8 Å². The average molecular weight is 547 g/mol. The zero-order valence-corrected chi connectivity index (χ0v) is 20.0. The molecule has 0 unspecified atom stereocenters. The molecule has 3 rings (SSSR count). The quantitative estimate of drug-likeness (QED) is 0.177. The van der Waals surface area contributed by atoms with Crippen LogP contribution < -0.4 is 4.57 Å². The van der Waals surface area contributed by atoms with Crippen molar-refractivity contribution in [2.45, 2.75) is 27.3 Å². The Kier molecular flexibility index (Phi) is 8.67. The van der Waals surface area contributed by atoms with Crippen LogP contribution in [0.15, 0.2) is 69.6 Å². The van der Waals surface area contributed by atoms with E-state index in [1.165, 1.54) is 28.1 Å². The van der Waals surface area contributed by atoms with Gasteiger partial charge in [0.05, 0.1) is 0 Å². The molecule has 0 N–H and O–H groups in total. The molecule has 0 spiro atoms. The molecule has 1 nitrogen and oxygen atoms in total. The molecule has 0 aliphatic rings. The number of benzene rings is 2. The van der Waals surface area contributed by atoms with Crippen molar-refractivity contribution in [2.75, 3.05) is 0 Å². The van der Waals surface area contributed by atoms with Gasteiger partial charge < -0.3 is 17.3 Å². The highest BCUT2D eigenvalue weighted by atomic mass is 79.9. The molecule has 1 aromatic heterocycles. The number of pyridine rings is 1. The van der Waals surface area contributed by atoms with Crippen LogP contribution in [-0.4, -0.2) is 7.25 Å². The smallest absolute Gasteiger partial charge is 0.418 e. The zero-order valence-electron chi connectivity index (χ0n) is 16.9. The maximum atomic E-state index is 9.75. The van der Waals surface area contributed by atoms with Gasteiger partial charge in [-0.25, -0.2) is 0 Å². The topological polar surface area (TPSA) is 3.88 Å². The van der Waals surface area contributed by atoms with E-state index in [0.717, 1.165) is 15.5 Å². The molecule has 0 saturated carbocycles. The molecule has 160 valence electrons. The van der Waals surface area contributed by atoms with Crippen LogP contribution in [0.1, 0.15) is 19.5 Å². The predicted molar refractivity (Wildman–Crippen MR) is 123 cm³/mol. The molecule has 1 heterocycles. The van der Waals surface area contributed by atoms with Gasteiger partial charge in [-0.3, -0.25) is 0 Å². The molecule has 0 fully saturated rings. The second-order valence-electron chi connectivity index (χ2n) is 7.28. The lowest BCUT2D eigenvalue weighted by atomic mass is 10.0. The average Bonchev–Trinajstić information content (AvgIpc) is 2.63. The summed E-state index contributed by atoms with van der Waals surface area (Å²) in [5, 5.41) is 0. The highest BCUT2D eigenvalue weighted by Gasteiger charge is 2.21. The van der Waals surface area contributed by atoms with E-state index in [1.54, 1.807) is 0 Å². The minimum absolute atomic E-state index is 0.594. The lowest BCUT2D eigenvalue weighted by molar-refractivity contribution is -0.697. The van der Waals surface area contributed by atoms with Crippen LogP contribution in [0.25, 0.3) is 22.4 Å². The van der Waals surface area contributed by atoms with E-state index in [4.69, 9.17) is 0 Å². The van der Waals surface area contributed by atoms with E-state index < -0.39 is 7.25 Å². The highest BCUT2D eigenvalue weighted by Crippen LogP contribution is 2.27. The molecule has 2 aromatic carbocycles. The van der Waals surface area contributed by atoms with Gasteiger partial charge >= 0.3 is 7.25 Å². The fourth-order valence-corrected chi connectivity index (χ4v) is 3.56. The lowest BCUT2D eigenvalue weighted by Crippen LogP contribution is -2.41. The van der Waals surface area contributed by atoms with Crippen molar-refractivity contribution >= 4 is 39.1 Å². The van der Waals surface area contributed by atoms with Gasteiger partial charge in [-0.05, 0) is 47.5 Å². The summed E-state index contributed by atoms with van der Waals surface area (Å²) < 4.78 is 43.6. The number of hydrogen-bond acceptors (Lipinski definition) is 0. The fourth-order valence-electron chi connectivity index (χ4n) is 3.04. The number of halogens is 6. The summed E-state index contributed by atoms with van der Waals surface area (Å²) in [4.78, 5) is 0. The SMILES string of the molecule is Cc1cc(-c2ccc(Br)cc2)cc(-c2ccc(Br)cc2)[n+]1CC(C)C.F[B-](F)(F)F. The third-order valence-electron chi connectivity index (χ3n) is 4.24. The van der Waals surface area contributed by atoms with Crippen LogP contribution in [0, 0.1) is 12.8 Å². The van der Waals surface area contributed by atoms with Gasteiger partial charge in [-0.15, -0.1) is 0 Å². The first-order valence-corrected chi connectivity index (χ1v) is 11.0. The van der Waals surface area contributed by atoms with Gasteiger partial charge in [0, 0.05) is 39.5 Å². The molecule has 3 aromatic rings. The van der Waals surface area contributed by atoms with E-state index >= 15 is 0 Å². The molecular weight excluding hydrogens is 525 g/mol. The third kappa shape index (κ3) is 7.87. The Morgan fingerprint density at radius 1 is 0.767 bits per heavy atom. The zero-order chi connectivity index (χ0) is 22.5. The van der Waals surface area contributed by atoms with Crippen molar-refractivity contribution in [3.63, 3.8) is 0 Å². The normalized spacial score (nSPS) is 11.3. The van der Waals surface area contributed by atoms with Gasteiger partial charge in [0.2, 0.25) is 5.69 Å². The van der Waals surface area contributed by atoms with E-state index in [9.17, 15) is 17.3 Å². The molecule has 0 atom stereocenters. The van der Waals surface area contributed by atoms with Crippen LogP contribution in [0.3, 0.4) is 0 Å². The van der Waals surface area contributed by atoms with Crippen molar-refractivity contribution in [3.05, 3.63) is 75.3 Å². The maximum absolute atomic E-state index is 9.75. The summed E-state index contributed by atoms with van der Waals surface area (Å²) in [6.07, 6.45) is 0. The molecule has 0 radical (unpaired) electrons. The maximum Gasteiger partial charge on any atom is 0.673 e. The Morgan fingerprint density at radius 2 is 1.20 bits per heavy atom. The first-order chi connectivity index (χ1) is 13.9. The van der Waals surface area contributed by atoms with Gasteiger partial charge in [0.15, 0.2) is 12.2 Å². The number of aromatic nitrogens is 1. The van der Waals surface area contributed by atoms with Crippen LogP contribution >= 0.6 is 31.9 Å². The Labute approximate surface area is 191 Å². The Hall–Kier alpha value is -1.67. The number of hydrogen-bond donors (Lipinski definition) is 0. The van der Waals surface area contributed by atoms with Gasteiger partial charge in [0.25, 0.3) is 0 Å². The summed E-state index contributed by atoms with van der Waals surface area (Å²) in [6.45, 7) is 7.74. The lowest BCUT2D eigenvalue weighted by Gasteiger charge is -2.12. The minimum Gasteiger partial charge on any atom is -0.418 e. The number of nitrogens with zero attached hydrogens (tertiary/aromatic N) is 1. The van der Waals surface area contributed by atoms with Gasteiger partial charge in [0.1, 0.15) is 0 Å². The molecule has 8 heteroatoms. The van der Waals surface area contributed by atoms with E-state index in [-0.39, 0.29) is 0 Å². The van der Waals surface area contributed by atoms with Gasteiger partial charge in [-0.2, -0.15) is 4.57 Å². The summed E-state index contributed by atoms with van der Waals surface area (Å²) in [5.74, 6) is 0.594. The van der Waals surface area contributed by atoms with E-state index in [2.05, 4.69) is 118 Å². The summed E-state index contributed by atoms with van der Waals surface area (Å²) in [5.41, 5.74) is 6.28. The second kappa shape index (κ2) is 10.6. The Morgan fingerprint density at radius 3 is 1.63 bits per heavy atom. The molecule has 0 amide bonds. The van der Waals surface area contributed by atoms with Crippen LogP contribution in [0.5, 0.6) is 0 Å². The van der Waals surface area contributed by atoms with Crippen molar-refractivity contribution in [3.8, 4) is 22.4 Å². The highest BCUT2D eigenvalue weighted by molar-refractivity contribution is 9.10. The number of aryl methyl sites for hydroxylation is 1. The molecule has 0 bridgehead atoms. The first-order valence-electron chi connectivity index (χ1n) is 9.37. The fraction of sp³-hybridized carbons (Fsp3) is 0.227. The summed E-state index contributed by atoms with van der Waals surface area (Å²) >= 11 is 7.06. The monoisotopic (exact) mass is 545 g/mol. The predicted octanol–water partition coefficient (Wildman–Crippen LogP) is 8.10. The standard InChI is InChI=1S/C22H22Br2N.BF4/c1-15(2)14-25-16(3)12-19(17-4-8-20(23)9-5-17)13-22(25)18-6-10-21(24)11-7-18;2-1(3,4)5/h4-13,15H,14H2,1-3H3;/q+1;-1. The third-order valence-corrected chi connectivity index (χ3v) is 5.30. The molecule has 0 aliphatic heterocycles. The van der Waals surface area contributed by atoms with Crippen molar-refractivity contribution in [1.82, 2.24) is 0 Å². The van der Waals surface area contributed by atoms with E-state index in [0.29, 0.717) is 5.92 Å². The summed E-state index contributed by atoms with van der Waals surface area (Å²) in [7, 11) is -6.00. The second-order valence-corrected chi connectivity index (χ2v) is 9.12. The number of rotatable bonds is 4. The Bertz CT molecular complexity index is 966.